The molecule has 0 saturated heterocycles. The fourth-order valence-electron chi connectivity index (χ4n) is 3.31. The lowest BCUT2D eigenvalue weighted by Crippen LogP contribution is -2.52. The summed E-state index contributed by atoms with van der Waals surface area (Å²) in [6.07, 6.45) is -0.771. The van der Waals surface area contributed by atoms with E-state index in [-0.39, 0.29) is 24.2 Å². The lowest BCUT2D eigenvalue weighted by atomic mass is 9.84. The van der Waals surface area contributed by atoms with Crippen molar-refractivity contribution in [3.05, 3.63) is 29.3 Å². The minimum absolute atomic E-state index is 0.0115. The Balaban J connectivity index is 1.59. The summed E-state index contributed by atoms with van der Waals surface area (Å²) in [5, 5.41) is 21.3. The van der Waals surface area contributed by atoms with Crippen LogP contribution >= 0.6 is 0 Å². The van der Waals surface area contributed by atoms with Gasteiger partial charge in [-0.15, -0.1) is 0 Å². The van der Waals surface area contributed by atoms with Crippen LogP contribution in [0.3, 0.4) is 0 Å². The normalized spacial score (nSPS) is 22.6. The van der Waals surface area contributed by atoms with Gasteiger partial charge in [-0.3, -0.25) is 9.69 Å². The second-order valence-corrected chi connectivity index (χ2v) is 7.10. The van der Waals surface area contributed by atoms with Crippen LogP contribution in [0, 0.1) is 17.2 Å². The fourth-order valence-corrected chi connectivity index (χ4v) is 3.31. The maximum absolute atomic E-state index is 12.7. The molecule has 0 heterocycles. The van der Waals surface area contributed by atoms with Crippen LogP contribution < -0.4 is 5.32 Å². The predicted octanol–water partition coefficient (Wildman–Crippen LogP) is 3.32. The summed E-state index contributed by atoms with van der Waals surface area (Å²) in [6, 6.07) is 5.09. The Hall–Kier alpha value is -2.27. The van der Waals surface area contributed by atoms with E-state index in [4.69, 9.17) is 10.4 Å². The number of hydrogen-bond donors (Lipinski definition) is 2. The van der Waals surface area contributed by atoms with E-state index in [1.807, 2.05) is 4.90 Å². The van der Waals surface area contributed by atoms with E-state index >= 15 is 0 Å². The molecular formula is C18H20F3N3O2. The van der Waals surface area contributed by atoms with Crippen LogP contribution in [0.15, 0.2) is 18.2 Å². The summed E-state index contributed by atoms with van der Waals surface area (Å²) in [5.41, 5.74) is -0.497. The van der Waals surface area contributed by atoms with E-state index < -0.39 is 17.7 Å². The first kappa shape index (κ1) is 18.5. The number of anilines is 1. The molecule has 0 amide bonds. The van der Waals surface area contributed by atoms with Gasteiger partial charge in [-0.1, -0.05) is 0 Å². The van der Waals surface area contributed by atoms with Crippen molar-refractivity contribution in [2.45, 2.75) is 43.9 Å². The summed E-state index contributed by atoms with van der Waals surface area (Å²) < 4.78 is 38.2. The summed E-state index contributed by atoms with van der Waals surface area (Å²) in [6.45, 7) is 0.797. The average molecular weight is 367 g/mol. The number of nitrogens with one attached hydrogen (secondary N) is 1. The van der Waals surface area contributed by atoms with Gasteiger partial charge >= 0.3 is 12.1 Å². The first-order valence-corrected chi connectivity index (χ1v) is 8.60. The molecule has 0 aliphatic heterocycles. The summed E-state index contributed by atoms with van der Waals surface area (Å²) in [4.78, 5) is 13.0. The van der Waals surface area contributed by atoms with Gasteiger partial charge in [-0.05, 0) is 49.8 Å². The third-order valence-corrected chi connectivity index (χ3v) is 4.98. The zero-order chi connectivity index (χ0) is 18.9. The van der Waals surface area contributed by atoms with Gasteiger partial charge in [-0.2, -0.15) is 18.4 Å². The lowest BCUT2D eigenvalue weighted by molar-refractivity contribution is -0.139. The molecule has 0 radical (unpaired) electrons. The number of carboxylic acids is 1. The minimum atomic E-state index is -4.48. The maximum Gasteiger partial charge on any atom is 0.416 e. The predicted molar refractivity (Wildman–Crippen MR) is 88.5 cm³/mol. The van der Waals surface area contributed by atoms with Crippen molar-refractivity contribution in [1.82, 2.24) is 4.90 Å². The SMILES string of the molecule is N#Cc1cc(C(F)(F)F)ccc1NC1CC(N(CC(=O)O)CC2CC2)C1. The molecule has 2 saturated carbocycles. The highest BCUT2D eigenvalue weighted by molar-refractivity contribution is 5.69. The van der Waals surface area contributed by atoms with Gasteiger partial charge in [0.25, 0.3) is 0 Å². The molecule has 1 aromatic rings. The van der Waals surface area contributed by atoms with E-state index in [0.29, 0.717) is 24.4 Å². The molecule has 1 aromatic carbocycles. The van der Waals surface area contributed by atoms with Crippen molar-refractivity contribution >= 4 is 11.7 Å². The fraction of sp³-hybridized carbons (Fsp3) is 0.556. The van der Waals surface area contributed by atoms with Crippen molar-refractivity contribution in [2.75, 3.05) is 18.4 Å². The number of hydrogen-bond acceptors (Lipinski definition) is 4. The molecule has 2 N–H and O–H groups in total. The smallest absolute Gasteiger partial charge is 0.416 e. The molecule has 2 aliphatic carbocycles. The summed E-state index contributed by atoms with van der Waals surface area (Å²) >= 11 is 0. The van der Waals surface area contributed by atoms with Crippen LogP contribution in [0.4, 0.5) is 18.9 Å². The Morgan fingerprint density at radius 3 is 2.58 bits per heavy atom. The Labute approximate surface area is 149 Å². The Kier molecular flexibility index (Phi) is 5.10. The number of rotatable bonds is 7. The first-order valence-electron chi connectivity index (χ1n) is 8.60. The van der Waals surface area contributed by atoms with Gasteiger partial charge in [0.05, 0.1) is 23.4 Å². The number of aliphatic carboxylic acids is 1. The van der Waals surface area contributed by atoms with Crippen molar-refractivity contribution in [2.24, 2.45) is 5.92 Å². The lowest BCUT2D eigenvalue weighted by Gasteiger charge is -2.43. The van der Waals surface area contributed by atoms with Crippen molar-refractivity contribution < 1.29 is 23.1 Å². The standard InChI is InChI=1S/C18H20F3N3O2/c19-18(20,21)13-3-4-16(12(5-13)8-22)23-14-6-15(7-14)24(10-17(25)26)9-11-1-2-11/h3-5,11,14-15,23H,1-2,6-7,9-10H2,(H,25,26). The highest BCUT2D eigenvalue weighted by Crippen LogP contribution is 2.36. The first-order chi connectivity index (χ1) is 12.3. The van der Waals surface area contributed by atoms with Crippen LogP contribution in [0.1, 0.15) is 36.8 Å². The van der Waals surface area contributed by atoms with Crippen molar-refractivity contribution in [3.63, 3.8) is 0 Å². The molecule has 0 aromatic heterocycles. The van der Waals surface area contributed by atoms with Crippen LogP contribution in [0.2, 0.25) is 0 Å². The molecule has 26 heavy (non-hydrogen) atoms. The Morgan fingerprint density at radius 1 is 1.35 bits per heavy atom. The molecule has 5 nitrogen and oxygen atoms in total. The minimum Gasteiger partial charge on any atom is -0.480 e. The summed E-state index contributed by atoms with van der Waals surface area (Å²) in [5.74, 6) is -0.266. The van der Waals surface area contributed by atoms with Gasteiger partial charge in [0, 0.05) is 18.6 Å². The molecule has 2 aliphatic rings. The topological polar surface area (TPSA) is 76.4 Å². The van der Waals surface area contributed by atoms with Gasteiger partial charge in [0.15, 0.2) is 0 Å². The molecule has 0 spiro atoms. The number of halogens is 3. The molecular weight excluding hydrogens is 347 g/mol. The van der Waals surface area contributed by atoms with Crippen LogP contribution in [0.25, 0.3) is 0 Å². The number of carboxylic acid groups (broad SMARTS) is 1. The average Bonchev–Trinajstić information content (AvgIpc) is 3.32. The number of benzene rings is 1. The zero-order valence-electron chi connectivity index (χ0n) is 14.1. The Morgan fingerprint density at radius 2 is 2.04 bits per heavy atom. The highest BCUT2D eigenvalue weighted by atomic mass is 19.4. The maximum atomic E-state index is 12.7. The van der Waals surface area contributed by atoms with Crippen LogP contribution in [-0.2, 0) is 11.0 Å². The molecule has 0 unspecified atom stereocenters. The van der Waals surface area contributed by atoms with E-state index in [0.717, 1.165) is 31.5 Å². The van der Waals surface area contributed by atoms with E-state index in [1.165, 1.54) is 6.07 Å². The van der Waals surface area contributed by atoms with Crippen LogP contribution in [0.5, 0.6) is 0 Å². The quantitative estimate of drug-likeness (QED) is 0.773. The second kappa shape index (κ2) is 7.16. The summed E-state index contributed by atoms with van der Waals surface area (Å²) in [7, 11) is 0. The van der Waals surface area contributed by atoms with E-state index in [9.17, 15) is 18.0 Å². The third-order valence-electron chi connectivity index (χ3n) is 4.98. The molecule has 0 atom stereocenters. The van der Waals surface area contributed by atoms with Gasteiger partial charge < -0.3 is 10.4 Å². The van der Waals surface area contributed by atoms with Crippen LogP contribution in [-0.4, -0.2) is 41.1 Å². The molecule has 2 fully saturated rings. The second-order valence-electron chi connectivity index (χ2n) is 7.10. The zero-order valence-corrected chi connectivity index (χ0v) is 14.1. The van der Waals surface area contributed by atoms with Gasteiger partial charge in [-0.25, -0.2) is 0 Å². The van der Waals surface area contributed by atoms with Crippen molar-refractivity contribution in [1.29, 1.82) is 5.26 Å². The van der Waals surface area contributed by atoms with Crippen molar-refractivity contribution in [3.8, 4) is 6.07 Å². The van der Waals surface area contributed by atoms with E-state index in [1.54, 1.807) is 6.07 Å². The number of alkyl halides is 3. The van der Waals surface area contributed by atoms with Gasteiger partial charge in [0.2, 0.25) is 0 Å². The van der Waals surface area contributed by atoms with Gasteiger partial charge in [0.1, 0.15) is 6.07 Å². The monoisotopic (exact) mass is 367 g/mol. The largest absolute Gasteiger partial charge is 0.480 e. The Bertz CT molecular complexity index is 719. The number of nitriles is 1. The molecule has 140 valence electrons. The highest BCUT2D eigenvalue weighted by Gasteiger charge is 2.37. The molecule has 0 bridgehead atoms. The number of nitrogens with zero attached hydrogens (tertiary/aromatic N) is 2. The third kappa shape index (κ3) is 4.47. The van der Waals surface area contributed by atoms with E-state index in [2.05, 4.69) is 5.32 Å². The number of carbonyl (C=O) groups is 1. The molecule has 8 heteroatoms. The molecule has 3 rings (SSSR count).